The van der Waals surface area contributed by atoms with E-state index >= 15 is 0 Å². The van der Waals surface area contributed by atoms with Crippen LogP contribution >= 0.6 is 0 Å². The quantitative estimate of drug-likeness (QED) is 0.833. The van der Waals surface area contributed by atoms with Gasteiger partial charge in [-0.2, -0.15) is 0 Å². The number of aromatic nitrogens is 1. The monoisotopic (exact) mass is 247 g/mol. The molecular formula is C15H25N3. The van der Waals surface area contributed by atoms with E-state index in [1.807, 2.05) is 18.5 Å². The number of nitrogens with zero attached hydrogens (tertiary/aromatic N) is 2. The first-order valence-corrected chi connectivity index (χ1v) is 7.13. The van der Waals surface area contributed by atoms with Crippen molar-refractivity contribution in [2.45, 2.75) is 25.7 Å². The largest absolute Gasteiger partial charge is 0.317 e. The summed E-state index contributed by atoms with van der Waals surface area (Å²) in [6, 6.07) is 4.18. The minimum atomic E-state index is 0.937. The molecule has 1 N–H and O–H groups in total. The summed E-state index contributed by atoms with van der Waals surface area (Å²) in [5.41, 5.74) is 1.34. The number of likely N-dealkylation sites (N-methyl/N-ethyl adjacent to an activating group) is 1. The van der Waals surface area contributed by atoms with Gasteiger partial charge in [-0.3, -0.25) is 4.98 Å². The average molecular weight is 247 g/mol. The number of hydrogen-bond donors (Lipinski definition) is 1. The standard InChI is InChI=1S/C15H25N3/c1-18(11-6-14-4-9-16-10-5-14)12-7-15-3-2-8-17-13-15/h2-3,8,13-14,16H,4-7,9-12H2,1H3. The molecule has 2 heterocycles. The Kier molecular flexibility index (Phi) is 5.62. The van der Waals surface area contributed by atoms with E-state index in [4.69, 9.17) is 0 Å². The first kappa shape index (κ1) is 13.5. The van der Waals surface area contributed by atoms with Crippen molar-refractivity contribution >= 4 is 0 Å². The molecule has 0 aliphatic carbocycles. The Morgan fingerprint density at radius 3 is 2.89 bits per heavy atom. The summed E-state index contributed by atoms with van der Waals surface area (Å²) in [5.74, 6) is 0.937. The molecule has 1 saturated heterocycles. The Labute approximate surface area is 111 Å². The van der Waals surface area contributed by atoms with Gasteiger partial charge in [0, 0.05) is 18.9 Å². The Balaban J connectivity index is 1.61. The smallest absolute Gasteiger partial charge is 0.0300 e. The molecule has 1 aliphatic heterocycles. The Hall–Kier alpha value is -0.930. The molecule has 18 heavy (non-hydrogen) atoms. The fraction of sp³-hybridized carbons (Fsp3) is 0.667. The lowest BCUT2D eigenvalue weighted by Gasteiger charge is -2.25. The number of hydrogen-bond acceptors (Lipinski definition) is 3. The van der Waals surface area contributed by atoms with Gasteiger partial charge in [0.15, 0.2) is 0 Å². The molecule has 1 aliphatic rings. The van der Waals surface area contributed by atoms with E-state index in [0.717, 1.165) is 18.9 Å². The molecular weight excluding hydrogens is 222 g/mol. The van der Waals surface area contributed by atoms with Gasteiger partial charge >= 0.3 is 0 Å². The lowest BCUT2D eigenvalue weighted by atomic mass is 9.94. The van der Waals surface area contributed by atoms with E-state index in [1.165, 1.54) is 44.5 Å². The molecule has 0 aromatic carbocycles. The minimum Gasteiger partial charge on any atom is -0.317 e. The first-order valence-electron chi connectivity index (χ1n) is 7.13. The second-order valence-electron chi connectivity index (χ2n) is 5.40. The van der Waals surface area contributed by atoms with Crippen LogP contribution in [0.1, 0.15) is 24.8 Å². The zero-order chi connectivity index (χ0) is 12.6. The van der Waals surface area contributed by atoms with Crippen LogP contribution in [0.2, 0.25) is 0 Å². The molecule has 3 nitrogen and oxygen atoms in total. The molecule has 3 heteroatoms. The van der Waals surface area contributed by atoms with Gasteiger partial charge in [0.25, 0.3) is 0 Å². The van der Waals surface area contributed by atoms with Crippen LogP contribution in [0.5, 0.6) is 0 Å². The van der Waals surface area contributed by atoms with Gasteiger partial charge in [-0.15, -0.1) is 0 Å². The molecule has 0 radical (unpaired) electrons. The van der Waals surface area contributed by atoms with Crippen molar-refractivity contribution in [2.75, 3.05) is 33.2 Å². The number of pyridine rings is 1. The summed E-state index contributed by atoms with van der Waals surface area (Å²) in [6.07, 6.45) is 8.99. The molecule has 0 atom stereocenters. The van der Waals surface area contributed by atoms with Gasteiger partial charge in [-0.25, -0.2) is 0 Å². The molecule has 1 fully saturated rings. The maximum Gasteiger partial charge on any atom is 0.0300 e. The zero-order valence-electron chi connectivity index (χ0n) is 11.4. The third-order valence-electron chi connectivity index (χ3n) is 3.88. The van der Waals surface area contributed by atoms with Gasteiger partial charge < -0.3 is 10.2 Å². The highest BCUT2D eigenvalue weighted by atomic mass is 15.1. The van der Waals surface area contributed by atoms with Crippen molar-refractivity contribution in [3.63, 3.8) is 0 Å². The van der Waals surface area contributed by atoms with Crippen LogP contribution in [-0.4, -0.2) is 43.1 Å². The van der Waals surface area contributed by atoms with Gasteiger partial charge in [0.05, 0.1) is 0 Å². The topological polar surface area (TPSA) is 28.2 Å². The Morgan fingerprint density at radius 1 is 1.33 bits per heavy atom. The van der Waals surface area contributed by atoms with Crippen LogP contribution in [0.15, 0.2) is 24.5 Å². The van der Waals surface area contributed by atoms with Crippen LogP contribution in [0, 0.1) is 5.92 Å². The predicted molar refractivity (Wildman–Crippen MR) is 75.6 cm³/mol. The van der Waals surface area contributed by atoms with Crippen LogP contribution in [0.4, 0.5) is 0 Å². The first-order chi connectivity index (χ1) is 8.84. The molecule has 0 unspecified atom stereocenters. The summed E-state index contributed by atoms with van der Waals surface area (Å²) in [7, 11) is 2.23. The van der Waals surface area contributed by atoms with E-state index in [-0.39, 0.29) is 0 Å². The predicted octanol–water partition coefficient (Wildman–Crippen LogP) is 1.95. The van der Waals surface area contributed by atoms with E-state index in [1.54, 1.807) is 0 Å². The van der Waals surface area contributed by atoms with Crippen molar-refractivity contribution in [2.24, 2.45) is 5.92 Å². The fourth-order valence-corrected chi connectivity index (χ4v) is 2.55. The molecule has 100 valence electrons. The summed E-state index contributed by atoms with van der Waals surface area (Å²) < 4.78 is 0. The summed E-state index contributed by atoms with van der Waals surface area (Å²) >= 11 is 0. The summed E-state index contributed by atoms with van der Waals surface area (Å²) in [4.78, 5) is 6.61. The van der Waals surface area contributed by atoms with Crippen LogP contribution in [0.25, 0.3) is 0 Å². The molecule has 0 saturated carbocycles. The third kappa shape index (κ3) is 4.75. The summed E-state index contributed by atoms with van der Waals surface area (Å²) in [6.45, 7) is 4.79. The Morgan fingerprint density at radius 2 is 2.17 bits per heavy atom. The zero-order valence-corrected chi connectivity index (χ0v) is 11.4. The second-order valence-corrected chi connectivity index (χ2v) is 5.40. The van der Waals surface area contributed by atoms with Crippen molar-refractivity contribution in [3.05, 3.63) is 30.1 Å². The van der Waals surface area contributed by atoms with E-state index in [0.29, 0.717) is 0 Å². The minimum absolute atomic E-state index is 0.937. The molecule has 0 bridgehead atoms. The van der Waals surface area contributed by atoms with E-state index in [2.05, 4.69) is 28.3 Å². The SMILES string of the molecule is CN(CCc1cccnc1)CCC1CCNCC1. The second kappa shape index (κ2) is 7.49. The van der Waals surface area contributed by atoms with E-state index < -0.39 is 0 Å². The number of rotatable bonds is 6. The normalized spacial score (nSPS) is 17.2. The highest BCUT2D eigenvalue weighted by Gasteiger charge is 2.13. The fourth-order valence-electron chi connectivity index (χ4n) is 2.55. The maximum atomic E-state index is 4.16. The van der Waals surface area contributed by atoms with Gasteiger partial charge in [0.1, 0.15) is 0 Å². The highest BCUT2D eigenvalue weighted by molar-refractivity contribution is 5.08. The molecule has 0 spiro atoms. The number of nitrogens with one attached hydrogen (secondary N) is 1. The molecule has 1 aromatic heterocycles. The van der Waals surface area contributed by atoms with Crippen LogP contribution in [0.3, 0.4) is 0 Å². The van der Waals surface area contributed by atoms with Crippen molar-refractivity contribution in [3.8, 4) is 0 Å². The van der Waals surface area contributed by atoms with Gasteiger partial charge in [-0.1, -0.05) is 6.07 Å². The van der Waals surface area contributed by atoms with Crippen molar-refractivity contribution < 1.29 is 0 Å². The maximum absolute atomic E-state index is 4.16. The molecule has 0 amide bonds. The average Bonchev–Trinajstić information content (AvgIpc) is 2.45. The van der Waals surface area contributed by atoms with Crippen LogP contribution < -0.4 is 5.32 Å². The molecule has 1 aromatic rings. The lowest BCUT2D eigenvalue weighted by molar-refractivity contribution is 0.273. The number of piperidine rings is 1. The van der Waals surface area contributed by atoms with Gasteiger partial charge in [-0.05, 0) is 69.9 Å². The summed E-state index contributed by atoms with van der Waals surface area (Å²) in [5, 5.41) is 3.43. The van der Waals surface area contributed by atoms with E-state index in [9.17, 15) is 0 Å². The highest BCUT2D eigenvalue weighted by Crippen LogP contribution is 2.15. The van der Waals surface area contributed by atoms with Crippen molar-refractivity contribution in [1.29, 1.82) is 0 Å². The van der Waals surface area contributed by atoms with Crippen LogP contribution in [-0.2, 0) is 6.42 Å². The third-order valence-corrected chi connectivity index (χ3v) is 3.88. The molecule has 2 rings (SSSR count). The van der Waals surface area contributed by atoms with Crippen molar-refractivity contribution in [1.82, 2.24) is 15.2 Å². The van der Waals surface area contributed by atoms with Gasteiger partial charge in [0.2, 0.25) is 0 Å². The Bertz CT molecular complexity index is 320. The lowest BCUT2D eigenvalue weighted by Crippen LogP contribution is -2.30.